The van der Waals surface area contributed by atoms with Crippen LogP contribution in [-0.2, 0) is 4.79 Å². The van der Waals surface area contributed by atoms with Crippen LogP contribution in [0.25, 0.3) is 21.9 Å². The smallest absolute Gasteiger partial charge is 0.232 e. The number of aromatic nitrogens is 2. The Bertz CT molecular complexity index is 1040. The van der Waals surface area contributed by atoms with E-state index >= 15 is 0 Å². The van der Waals surface area contributed by atoms with Gasteiger partial charge in [0.15, 0.2) is 0 Å². The van der Waals surface area contributed by atoms with Gasteiger partial charge in [-0.3, -0.25) is 4.79 Å². The van der Waals surface area contributed by atoms with Gasteiger partial charge in [0.1, 0.15) is 5.82 Å². The zero-order valence-electron chi connectivity index (χ0n) is 14.4. The first-order valence-corrected chi connectivity index (χ1v) is 8.59. The highest BCUT2D eigenvalue weighted by molar-refractivity contribution is 5.97. The van der Waals surface area contributed by atoms with Crippen LogP contribution in [0.2, 0.25) is 0 Å². The maximum atomic E-state index is 12.5. The van der Waals surface area contributed by atoms with Crippen molar-refractivity contribution in [2.45, 2.75) is 12.8 Å². The summed E-state index contributed by atoms with van der Waals surface area (Å²) in [6.45, 7) is 1.90. The lowest BCUT2D eigenvalue weighted by molar-refractivity contribution is -0.117. The minimum Gasteiger partial charge on any atom is -0.367 e. The average Bonchev–Trinajstić information content (AvgIpc) is 3.22. The van der Waals surface area contributed by atoms with Gasteiger partial charge in [0.05, 0.1) is 5.92 Å². The van der Waals surface area contributed by atoms with E-state index in [0.717, 1.165) is 27.5 Å². The van der Waals surface area contributed by atoms with Crippen molar-refractivity contribution < 1.29 is 4.79 Å². The predicted octanol–water partition coefficient (Wildman–Crippen LogP) is 4.97. The van der Waals surface area contributed by atoms with E-state index in [-0.39, 0.29) is 11.8 Å². The molecule has 26 heavy (non-hydrogen) atoms. The molecular formula is C22H19N3O. The van der Waals surface area contributed by atoms with Crippen LogP contribution >= 0.6 is 0 Å². The quantitative estimate of drug-likeness (QED) is 0.550. The molecule has 1 amide bonds. The fraction of sp³-hybridized carbons (Fsp3) is 0.0909. The van der Waals surface area contributed by atoms with Crippen molar-refractivity contribution in [2.75, 3.05) is 5.32 Å². The van der Waals surface area contributed by atoms with Crippen LogP contribution in [0.5, 0.6) is 0 Å². The number of hydrogen-bond donors (Lipinski definition) is 2. The molecule has 2 aromatic carbocycles. The van der Waals surface area contributed by atoms with Crippen LogP contribution in [0.15, 0.2) is 79.3 Å². The number of aromatic amines is 1. The lowest BCUT2D eigenvalue weighted by atomic mass is 10.0. The van der Waals surface area contributed by atoms with Crippen LogP contribution in [0, 0.1) is 0 Å². The summed E-state index contributed by atoms with van der Waals surface area (Å²) < 4.78 is 0. The standard InChI is InChI=1S/C22H19N3O/c1-15(16-5-3-2-4-6-16)22(26)25-21-12-20-11-17(19-9-10-23-13-19)7-8-18(20)14-24-21/h2-15,23H,1H3,(H,24,25,26). The zero-order valence-corrected chi connectivity index (χ0v) is 14.4. The minimum atomic E-state index is -0.236. The molecule has 4 nitrogen and oxygen atoms in total. The summed E-state index contributed by atoms with van der Waals surface area (Å²) in [5, 5.41) is 5.01. The van der Waals surface area contributed by atoms with Crippen molar-refractivity contribution in [3.8, 4) is 11.1 Å². The number of nitrogens with one attached hydrogen (secondary N) is 2. The molecule has 0 aliphatic rings. The van der Waals surface area contributed by atoms with E-state index in [1.807, 2.05) is 67.8 Å². The number of pyridine rings is 1. The lowest BCUT2D eigenvalue weighted by Gasteiger charge is -2.12. The lowest BCUT2D eigenvalue weighted by Crippen LogP contribution is -2.19. The molecule has 2 N–H and O–H groups in total. The summed E-state index contributed by atoms with van der Waals surface area (Å²) in [6, 6.07) is 19.9. The first-order chi connectivity index (χ1) is 12.7. The Morgan fingerprint density at radius 2 is 1.85 bits per heavy atom. The van der Waals surface area contributed by atoms with Gasteiger partial charge >= 0.3 is 0 Å². The highest BCUT2D eigenvalue weighted by atomic mass is 16.1. The molecule has 0 bridgehead atoms. The number of amides is 1. The zero-order chi connectivity index (χ0) is 17.9. The van der Waals surface area contributed by atoms with E-state index in [1.54, 1.807) is 6.20 Å². The Balaban J connectivity index is 1.59. The first kappa shape index (κ1) is 16.1. The fourth-order valence-electron chi connectivity index (χ4n) is 3.02. The molecule has 4 aromatic rings. The summed E-state index contributed by atoms with van der Waals surface area (Å²) >= 11 is 0. The number of carbonyl (C=O) groups is 1. The van der Waals surface area contributed by atoms with Crippen LogP contribution in [-0.4, -0.2) is 15.9 Å². The van der Waals surface area contributed by atoms with Crippen LogP contribution in [0.1, 0.15) is 18.4 Å². The van der Waals surface area contributed by atoms with Crippen molar-refractivity contribution in [1.82, 2.24) is 9.97 Å². The Labute approximate surface area is 151 Å². The number of rotatable bonds is 4. The second-order valence-electron chi connectivity index (χ2n) is 6.35. The number of fused-ring (bicyclic) bond motifs is 1. The maximum Gasteiger partial charge on any atom is 0.232 e. The average molecular weight is 341 g/mol. The molecule has 1 atom stereocenters. The summed E-state index contributed by atoms with van der Waals surface area (Å²) in [6.07, 6.45) is 5.66. The van der Waals surface area contributed by atoms with E-state index in [9.17, 15) is 4.79 Å². The van der Waals surface area contributed by atoms with Gasteiger partial charge in [0.25, 0.3) is 0 Å². The molecule has 0 spiro atoms. The van der Waals surface area contributed by atoms with E-state index in [0.29, 0.717) is 5.82 Å². The van der Waals surface area contributed by atoms with Gasteiger partial charge in [0, 0.05) is 24.0 Å². The molecule has 4 heteroatoms. The summed E-state index contributed by atoms with van der Waals surface area (Å²) in [5.41, 5.74) is 3.24. The Hall–Kier alpha value is -3.40. The summed E-state index contributed by atoms with van der Waals surface area (Å²) in [7, 11) is 0. The van der Waals surface area contributed by atoms with Gasteiger partial charge in [-0.1, -0.05) is 42.5 Å². The van der Waals surface area contributed by atoms with Gasteiger partial charge in [-0.05, 0) is 47.2 Å². The molecule has 0 aliphatic heterocycles. The molecule has 0 saturated carbocycles. The van der Waals surface area contributed by atoms with Crippen molar-refractivity contribution in [3.63, 3.8) is 0 Å². The molecule has 0 saturated heterocycles. The SMILES string of the molecule is CC(C(=O)Nc1cc2cc(-c3cc[nH]c3)ccc2cn1)c1ccccc1. The third-order valence-electron chi connectivity index (χ3n) is 4.60. The molecule has 0 fully saturated rings. The molecule has 0 radical (unpaired) electrons. The van der Waals surface area contributed by atoms with Crippen molar-refractivity contribution in [1.29, 1.82) is 0 Å². The topological polar surface area (TPSA) is 57.8 Å². The second-order valence-corrected chi connectivity index (χ2v) is 6.35. The van der Waals surface area contributed by atoms with E-state index in [1.165, 1.54) is 0 Å². The molecular weight excluding hydrogens is 322 g/mol. The number of anilines is 1. The number of hydrogen-bond acceptors (Lipinski definition) is 2. The molecule has 0 aliphatic carbocycles. The molecule has 2 aromatic heterocycles. The Morgan fingerprint density at radius 1 is 1.00 bits per heavy atom. The Morgan fingerprint density at radius 3 is 2.62 bits per heavy atom. The van der Waals surface area contributed by atoms with Crippen molar-refractivity contribution in [3.05, 3.63) is 84.8 Å². The second kappa shape index (κ2) is 6.84. The van der Waals surface area contributed by atoms with Crippen molar-refractivity contribution >= 4 is 22.5 Å². The third-order valence-corrected chi connectivity index (χ3v) is 4.60. The van der Waals surface area contributed by atoms with E-state index in [2.05, 4.69) is 27.4 Å². The van der Waals surface area contributed by atoms with Crippen LogP contribution < -0.4 is 5.32 Å². The number of H-pyrrole nitrogens is 1. The number of benzene rings is 2. The Kier molecular flexibility index (Phi) is 4.23. The van der Waals surface area contributed by atoms with E-state index in [4.69, 9.17) is 0 Å². The first-order valence-electron chi connectivity index (χ1n) is 8.59. The largest absolute Gasteiger partial charge is 0.367 e. The summed E-state index contributed by atoms with van der Waals surface area (Å²) in [4.78, 5) is 20.0. The minimum absolute atomic E-state index is 0.0650. The monoisotopic (exact) mass is 341 g/mol. The molecule has 4 rings (SSSR count). The van der Waals surface area contributed by atoms with E-state index < -0.39 is 0 Å². The molecule has 128 valence electrons. The molecule has 2 heterocycles. The normalized spacial score (nSPS) is 12.0. The van der Waals surface area contributed by atoms with Gasteiger partial charge in [-0.25, -0.2) is 4.98 Å². The van der Waals surface area contributed by atoms with Gasteiger partial charge < -0.3 is 10.3 Å². The third kappa shape index (κ3) is 3.22. The fourth-order valence-corrected chi connectivity index (χ4v) is 3.02. The maximum absolute atomic E-state index is 12.5. The number of carbonyl (C=O) groups excluding carboxylic acids is 1. The van der Waals surface area contributed by atoms with Crippen molar-refractivity contribution in [2.24, 2.45) is 0 Å². The van der Waals surface area contributed by atoms with Crippen LogP contribution in [0.4, 0.5) is 5.82 Å². The van der Waals surface area contributed by atoms with Crippen LogP contribution in [0.3, 0.4) is 0 Å². The van der Waals surface area contributed by atoms with Gasteiger partial charge in [-0.15, -0.1) is 0 Å². The highest BCUT2D eigenvalue weighted by Gasteiger charge is 2.15. The highest BCUT2D eigenvalue weighted by Crippen LogP contribution is 2.25. The molecule has 1 unspecified atom stereocenters. The summed E-state index contributed by atoms with van der Waals surface area (Å²) in [5.74, 6) is 0.265. The van der Waals surface area contributed by atoms with Gasteiger partial charge in [-0.2, -0.15) is 0 Å². The van der Waals surface area contributed by atoms with Gasteiger partial charge in [0.2, 0.25) is 5.91 Å². The number of nitrogens with zero attached hydrogens (tertiary/aromatic N) is 1. The predicted molar refractivity (Wildman–Crippen MR) is 105 cm³/mol.